The molecule has 0 fully saturated rings. The number of aromatic amines is 1. The van der Waals surface area contributed by atoms with Gasteiger partial charge < -0.3 is 15.8 Å². The molecule has 0 amide bonds. The average Bonchev–Trinajstić information content (AvgIpc) is 3.02. The number of H-pyrrole nitrogens is 1. The highest BCUT2D eigenvalue weighted by Gasteiger charge is 2.15. The number of hydrogen-bond donors (Lipinski definition) is 3. The molecule has 0 bridgehead atoms. The van der Waals surface area contributed by atoms with Crippen LogP contribution in [0.25, 0.3) is 44.2 Å². The molecule has 5 rings (SSSR count). The fourth-order valence-corrected chi connectivity index (χ4v) is 3.55. The molecule has 2 heterocycles. The van der Waals surface area contributed by atoms with E-state index in [9.17, 15) is 5.11 Å². The first-order valence-corrected chi connectivity index (χ1v) is 8.76. The summed E-state index contributed by atoms with van der Waals surface area (Å²) in [5.74, 6) is 0.123. The van der Waals surface area contributed by atoms with Gasteiger partial charge in [-0.1, -0.05) is 48.5 Å². The molecule has 4 nitrogen and oxygen atoms in total. The number of nitrogens with zero attached hydrogens (tertiary/aromatic N) is 1. The van der Waals surface area contributed by atoms with Gasteiger partial charge in [0.2, 0.25) is 0 Å². The van der Waals surface area contributed by atoms with Gasteiger partial charge in [-0.05, 0) is 41.5 Å². The molecule has 2 aromatic heterocycles. The van der Waals surface area contributed by atoms with Gasteiger partial charge in [0.25, 0.3) is 0 Å². The van der Waals surface area contributed by atoms with Gasteiger partial charge in [-0.3, -0.25) is 0 Å². The van der Waals surface area contributed by atoms with E-state index in [-0.39, 0.29) is 5.88 Å². The van der Waals surface area contributed by atoms with Crippen molar-refractivity contribution >= 4 is 27.5 Å². The number of benzene rings is 3. The lowest BCUT2D eigenvalue weighted by atomic mass is 10.0. The van der Waals surface area contributed by atoms with Crippen LogP contribution in [-0.4, -0.2) is 15.1 Å². The second-order valence-corrected chi connectivity index (χ2v) is 6.62. The Morgan fingerprint density at radius 2 is 1.67 bits per heavy atom. The van der Waals surface area contributed by atoms with Crippen molar-refractivity contribution in [2.24, 2.45) is 0 Å². The fourth-order valence-electron chi connectivity index (χ4n) is 3.55. The van der Waals surface area contributed by atoms with Gasteiger partial charge >= 0.3 is 0 Å². The third-order valence-corrected chi connectivity index (χ3v) is 4.85. The largest absolute Gasteiger partial charge is 0.494 e. The number of nitrogens with one attached hydrogen (secondary N) is 1. The summed E-state index contributed by atoms with van der Waals surface area (Å²) in [7, 11) is 0. The van der Waals surface area contributed by atoms with Crippen LogP contribution in [0, 0.1) is 0 Å². The molecular weight excluding hydrogens is 334 g/mol. The van der Waals surface area contributed by atoms with Crippen LogP contribution in [0.1, 0.15) is 0 Å². The van der Waals surface area contributed by atoms with Crippen LogP contribution in [0.4, 0.5) is 5.69 Å². The topological polar surface area (TPSA) is 74.9 Å². The molecule has 3 aromatic carbocycles. The zero-order valence-corrected chi connectivity index (χ0v) is 14.5. The average molecular weight is 351 g/mol. The number of anilines is 1. The highest BCUT2D eigenvalue weighted by Crippen LogP contribution is 2.38. The minimum absolute atomic E-state index is 0.123. The summed E-state index contributed by atoms with van der Waals surface area (Å²) >= 11 is 0. The molecule has 0 unspecified atom stereocenters. The summed E-state index contributed by atoms with van der Waals surface area (Å²) in [4.78, 5) is 7.81. The molecule has 4 heteroatoms. The molecule has 0 aliphatic rings. The van der Waals surface area contributed by atoms with Gasteiger partial charge in [0, 0.05) is 22.0 Å². The zero-order valence-electron chi connectivity index (χ0n) is 14.5. The summed E-state index contributed by atoms with van der Waals surface area (Å²) in [6.07, 6.45) is 0. The van der Waals surface area contributed by atoms with Crippen molar-refractivity contribution in [2.75, 3.05) is 5.73 Å². The number of aromatic nitrogens is 2. The number of para-hydroxylation sites is 1. The Morgan fingerprint density at radius 3 is 2.56 bits per heavy atom. The van der Waals surface area contributed by atoms with E-state index in [1.165, 1.54) is 0 Å². The number of nitrogens with two attached hydrogens (primary N) is 1. The summed E-state index contributed by atoms with van der Waals surface area (Å²) in [5, 5.41) is 12.6. The van der Waals surface area contributed by atoms with E-state index in [2.05, 4.69) is 4.98 Å². The van der Waals surface area contributed by atoms with Crippen molar-refractivity contribution in [3.05, 3.63) is 78.9 Å². The fraction of sp³-hybridized carbons (Fsp3) is 0. The molecule has 0 atom stereocenters. The normalized spacial score (nSPS) is 11.3. The van der Waals surface area contributed by atoms with Gasteiger partial charge in [0.05, 0.1) is 16.8 Å². The summed E-state index contributed by atoms with van der Waals surface area (Å²) in [6.45, 7) is 0. The maximum absolute atomic E-state index is 10.5. The Balaban J connectivity index is 1.67. The number of hydrogen-bond acceptors (Lipinski definition) is 3. The molecule has 0 saturated carbocycles. The first-order valence-electron chi connectivity index (χ1n) is 8.76. The van der Waals surface area contributed by atoms with Crippen LogP contribution in [-0.2, 0) is 0 Å². The van der Waals surface area contributed by atoms with E-state index in [1.54, 1.807) is 0 Å². The Morgan fingerprint density at radius 1 is 0.815 bits per heavy atom. The third kappa shape index (κ3) is 2.59. The Kier molecular flexibility index (Phi) is 3.37. The van der Waals surface area contributed by atoms with Crippen LogP contribution < -0.4 is 5.73 Å². The standard InChI is InChI=1S/C23H17N3O/c24-17-6-3-5-15(12-17)16-8-10-18-21(13-16)26-23(27)22(18)20-11-9-14-4-1-2-7-19(14)25-20/h1-13,26-27H,24H2. The van der Waals surface area contributed by atoms with Crippen LogP contribution in [0.5, 0.6) is 5.88 Å². The van der Waals surface area contributed by atoms with Crippen molar-refractivity contribution < 1.29 is 5.11 Å². The monoisotopic (exact) mass is 351 g/mol. The Labute approximate surface area is 155 Å². The number of rotatable bonds is 2. The van der Waals surface area contributed by atoms with Crippen LogP contribution in [0.2, 0.25) is 0 Å². The molecule has 0 spiro atoms. The van der Waals surface area contributed by atoms with E-state index in [0.717, 1.165) is 49.9 Å². The van der Waals surface area contributed by atoms with Crippen LogP contribution in [0.15, 0.2) is 78.9 Å². The van der Waals surface area contributed by atoms with E-state index < -0.39 is 0 Å². The highest BCUT2D eigenvalue weighted by atomic mass is 16.3. The maximum atomic E-state index is 10.5. The molecule has 27 heavy (non-hydrogen) atoms. The Hall–Kier alpha value is -3.79. The van der Waals surface area contributed by atoms with Crippen molar-refractivity contribution in [3.8, 4) is 28.3 Å². The number of pyridine rings is 1. The summed E-state index contributed by atoms with van der Waals surface area (Å²) in [5.41, 5.74) is 11.9. The van der Waals surface area contributed by atoms with E-state index in [1.807, 2.05) is 78.9 Å². The molecular formula is C23H17N3O. The number of aromatic hydroxyl groups is 1. The zero-order chi connectivity index (χ0) is 18.4. The van der Waals surface area contributed by atoms with E-state index in [0.29, 0.717) is 0 Å². The predicted octanol–water partition coefficient (Wildman–Crippen LogP) is 5.34. The number of nitrogen functional groups attached to an aromatic ring is 1. The van der Waals surface area contributed by atoms with Crippen LogP contribution >= 0.6 is 0 Å². The quantitative estimate of drug-likeness (QED) is 0.376. The molecule has 130 valence electrons. The summed E-state index contributed by atoms with van der Waals surface area (Å²) in [6, 6.07) is 25.8. The van der Waals surface area contributed by atoms with Gasteiger partial charge in [0.1, 0.15) is 0 Å². The van der Waals surface area contributed by atoms with E-state index in [4.69, 9.17) is 10.7 Å². The van der Waals surface area contributed by atoms with Crippen molar-refractivity contribution in [3.63, 3.8) is 0 Å². The van der Waals surface area contributed by atoms with Crippen LogP contribution in [0.3, 0.4) is 0 Å². The maximum Gasteiger partial charge on any atom is 0.199 e. The molecule has 0 saturated heterocycles. The molecule has 0 aliphatic carbocycles. The lowest BCUT2D eigenvalue weighted by Gasteiger charge is -2.05. The highest BCUT2D eigenvalue weighted by molar-refractivity contribution is 6.00. The summed E-state index contributed by atoms with van der Waals surface area (Å²) < 4.78 is 0. The van der Waals surface area contributed by atoms with Crippen molar-refractivity contribution in [1.29, 1.82) is 0 Å². The molecule has 0 aliphatic heterocycles. The Bertz CT molecular complexity index is 1300. The second kappa shape index (κ2) is 5.88. The van der Waals surface area contributed by atoms with Crippen molar-refractivity contribution in [1.82, 2.24) is 9.97 Å². The second-order valence-electron chi connectivity index (χ2n) is 6.62. The van der Waals surface area contributed by atoms with E-state index >= 15 is 0 Å². The first kappa shape index (κ1) is 15.5. The minimum Gasteiger partial charge on any atom is -0.494 e. The third-order valence-electron chi connectivity index (χ3n) is 4.85. The molecule has 0 radical (unpaired) electrons. The number of fused-ring (bicyclic) bond motifs is 2. The van der Waals surface area contributed by atoms with Gasteiger partial charge in [-0.2, -0.15) is 0 Å². The van der Waals surface area contributed by atoms with Gasteiger partial charge in [-0.25, -0.2) is 4.98 Å². The molecule has 4 N–H and O–H groups in total. The van der Waals surface area contributed by atoms with Gasteiger partial charge in [-0.15, -0.1) is 0 Å². The minimum atomic E-state index is 0.123. The SMILES string of the molecule is Nc1cccc(-c2ccc3c(-c4ccc5ccccc5n4)c(O)[nH]c3c2)c1. The molecule has 5 aromatic rings. The lowest BCUT2D eigenvalue weighted by Crippen LogP contribution is -1.86. The lowest BCUT2D eigenvalue weighted by molar-refractivity contribution is 0.460. The predicted molar refractivity (Wildman–Crippen MR) is 111 cm³/mol. The smallest absolute Gasteiger partial charge is 0.199 e. The van der Waals surface area contributed by atoms with Crippen molar-refractivity contribution in [2.45, 2.75) is 0 Å². The van der Waals surface area contributed by atoms with Gasteiger partial charge in [0.15, 0.2) is 5.88 Å². The first-order chi connectivity index (χ1) is 13.2.